The van der Waals surface area contributed by atoms with Gasteiger partial charge in [0.15, 0.2) is 5.16 Å². The molecule has 1 amide bonds. The van der Waals surface area contributed by atoms with Gasteiger partial charge in [0.2, 0.25) is 5.91 Å². The molecule has 1 heterocycles. The monoisotopic (exact) mass is 370 g/mol. The van der Waals surface area contributed by atoms with Gasteiger partial charge in [-0.1, -0.05) is 43.0 Å². The van der Waals surface area contributed by atoms with E-state index in [4.69, 9.17) is 0 Å². The lowest BCUT2D eigenvalue weighted by Gasteiger charge is -2.13. The summed E-state index contributed by atoms with van der Waals surface area (Å²) in [7, 11) is 0. The van der Waals surface area contributed by atoms with Crippen LogP contribution in [0.15, 0.2) is 60.0 Å². The molecule has 2 aromatic carbocycles. The highest BCUT2D eigenvalue weighted by Crippen LogP contribution is 2.25. The van der Waals surface area contributed by atoms with Gasteiger partial charge in [0.05, 0.1) is 10.9 Å². The Balaban J connectivity index is 1.70. The Morgan fingerprint density at radius 1 is 1.23 bits per heavy atom. The molecule has 0 radical (unpaired) electrons. The van der Waals surface area contributed by atoms with Crippen LogP contribution in [-0.4, -0.2) is 25.9 Å². The number of nitrogens with one attached hydrogen (secondary N) is 1. The first-order chi connectivity index (χ1) is 12.6. The molecule has 1 unspecified atom stereocenters. The first-order valence-electron chi connectivity index (χ1n) is 8.30. The van der Waals surface area contributed by atoms with Gasteiger partial charge in [-0.2, -0.15) is 0 Å². The van der Waals surface area contributed by atoms with E-state index in [1.807, 2.05) is 24.3 Å². The summed E-state index contributed by atoms with van der Waals surface area (Å²) in [6.07, 6.45) is 2.39. The fraction of sp³-hybridized carbons (Fsp3) is 0.211. The van der Waals surface area contributed by atoms with Crippen molar-refractivity contribution in [3.05, 3.63) is 66.2 Å². The molecule has 7 heteroatoms. The Morgan fingerprint density at radius 3 is 2.65 bits per heavy atom. The number of benzene rings is 2. The van der Waals surface area contributed by atoms with Crippen LogP contribution in [0.1, 0.15) is 19.4 Å². The quantitative estimate of drug-likeness (QED) is 0.664. The smallest absolute Gasteiger partial charge is 0.237 e. The van der Waals surface area contributed by atoms with Crippen LogP contribution in [-0.2, 0) is 11.2 Å². The van der Waals surface area contributed by atoms with Crippen LogP contribution >= 0.6 is 11.8 Å². The normalized spacial score (nSPS) is 12.0. The van der Waals surface area contributed by atoms with Gasteiger partial charge >= 0.3 is 0 Å². The lowest BCUT2D eigenvalue weighted by molar-refractivity contribution is -0.115. The zero-order chi connectivity index (χ0) is 18.5. The van der Waals surface area contributed by atoms with E-state index in [0.29, 0.717) is 10.8 Å². The standard InChI is InChI=1S/C19H19FN4OS/c1-3-14-8-10-15(11-9-14)22-18(25)13(2)26-19-23-21-12-24(19)17-7-5-4-6-16(17)20/h4-13H,3H2,1-2H3,(H,22,25). The summed E-state index contributed by atoms with van der Waals surface area (Å²) in [6.45, 7) is 3.86. The van der Waals surface area contributed by atoms with Gasteiger partial charge in [0.25, 0.3) is 0 Å². The van der Waals surface area contributed by atoms with Gasteiger partial charge in [-0.3, -0.25) is 9.36 Å². The van der Waals surface area contributed by atoms with Crippen molar-refractivity contribution in [2.45, 2.75) is 30.7 Å². The second-order valence-corrected chi connectivity index (χ2v) is 7.04. The number of hydrogen-bond acceptors (Lipinski definition) is 4. The molecule has 0 saturated heterocycles. The van der Waals surface area contributed by atoms with E-state index in [1.165, 1.54) is 29.7 Å². The maximum atomic E-state index is 14.0. The molecule has 0 aliphatic rings. The Morgan fingerprint density at radius 2 is 1.96 bits per heavy atom. The highest BCUT2D eigenvalue weighted by atomic mass is 32.2. The molecule has 0 bridgehead atoms. The van der Waals surface area contributed by atoms with E-state index in [2.05, 4.69) is 22.4 Å². The fourth-order valence-electron chi connectivity index (χ4n) is 2.40. The number of halogens is 1. The Hall–Kier alpha value is -2.67. The number of carbonyl (C=O) groups excluding carboxylic acids is 1. The second-order valence-electron chi connectivity index (χ2n) is 5.73. The van der Waals surface area contributed by atoms with Crippen LogP contribution in [0.4, 0.5) is 10.1 Å². The molecule has 0 spiro atoms. The largest absolute Gasteiger partial charge is 0.325 e. The number of thioether (sulfide) groups is 1. The molecule has 26 heavy (non-hydrogen) atoms. The van der Waals surface area contributed by atoms with Crippen LogP contribution in [0.3, 0.4) is 0 Å². The number of rotatable bonds is 6. The Bertz CT molecular complexity index is 895. The van der Waals surface area contributed by atoms with Gasteiger partial charge in [0, 0.05) is 5.69 Å². The number of aromatic nitrogens is 3. The number of anilines is 1. The minimum atomic E-state index is -0.421. The van der Waals surface area contributed by atoms with Crippen LogP contribution < -0.4 is 5.32 Å². The lowest BCUT2D eigenvalue weighted by Crippen LogP contribution is -2.22. The van der Waals surface area contributed by atoms with Crippen molar-refractivity contribution in [2.24, 2.45) is 0 Å². The molecule has 3 aromatic rings. The average Bonchev–Trinajstić information content (AvgIpc) is 3.10. The third-order valence-corrected chi connectivity index (χ3v) is 4.97. The fourth-order valence-corrected chi connectivity index (χ4v) is 3.23. The van der Waals surface area contributed by atoms with Gasteiger partial charge < -0.3 is 5.32 Å². The molecule has 3 rings (SSSR count). The number of amides is 1. The van der Waals surface area contributed by atoms with Gasteiger partial charge in [-0.05, 0) is 43.2 Å². The maximum Gasteiger partial charge on any atom is 0.237 e. The number of aryl methyl sites for hydroxylation is 1. The average molecular weight is 370 g/mol. The summed E-state index contributed by atoms with van der Waals surface area (Å²) < 4.78 is 15.6. The molecule has 1 N–H and O–H groups in total. The van der Waals surface area contributed by atoms with Gasteiger partial charge in [0.1, 0.15) is 12.1 Å². The van der Waals surface area contributed by atoms with Crippen molar-refractivity contribution in [1.82, 2.24) is 14.8 Å². The summed E-state index contributed by atoms with van der Waals surface area (Å²) in [6, 6.07) is 14.1. The molecule has 0 fully saturated rings. The number of hydrogen-bond donors (Lipinski definition) is 1. The topological polar surface area (TPSA) is 59.8 Å². The van der Waals surface area contributed by atoms with Crippen molar-refractivity contribution in [3.8, 4) is 5.69 Å². The van der Waals surface area contributed by atoms with Crippen molar-refractivity contribution in [3.63, 3.8) is 0 Å². The van der Waals surface area contributed by atoms with E-state index in [9.17, 15) is 9.18 Å². The zero-order valence-corrected chi connectivity index (χ0v) is 15.3. The van der Waals surface area contributed by atoms with Crippen LogP contribution in [0.2, 0.25) is 0 Å². The number of carbonyl (C=O) groups is 1. The number of nitrogens with zero attached hydrogens (tertiary/aromatic N) is 3. The minimum absolute atomic E-state index is 0.151. The Kier molecular flexibility index (Phi) is 5.68. The summed E-state index contributed by atoms with van der Waals surface area (Å²) in [4.78, 5) is 12.4. The predicted octanol–water partition coefficient (Wildman–Crippen LogP) is 4.09. The predicted molar refractivity (Wildman–Crippen MR) is 101 cm³/mol. The van der Waals surface area contributed by atoms with E-state index in [-0.39, 0.29) is 11.7 Å². The van der Waals surface area contributed by atoms with Gasteiger partial charge in [-0.25, -0.2) is 4.39 Å². The SMILES string of the molecule is CCc1ccc(NC(=O)C(C)Sc2nncn2-c2ccccc2F)cc1. The molecular weight excluding hydrogens is 351 g/mol. The van der Waals surface area contributed by atoms with Crippen molar-refractivity contribution < 1.29 is 9.18 Å². The molecule has 5 nitrogen and oxygen atoms in total. The Labute approximate surface area is 155 Å². The van der Waals surface area contributed by atoms with Crippen LogP contribution in [0.25, 0.3) is 5.69 Å². The van der Waals surface area contributed by atoms with Crippen molar-refractivity contribution in [2.75, 3.05) is 5.32 Å². The maximum absolute atomic E-state index is 14.0. The molecule has 1 atom stereocenters. The second kappa shape index (κ2) is 8.14. The minimum Gasteiger partial charge on any atom is -0.325 e. The van der Waals surface area contributed by atoms with E-state index in [1.54, 1.807) is 29.7 Å². The van der Waals surface area contributed by atoms with Crippen LogP contribution in [0.5, 0.6) is 0 Å². The molecule has 0 aliphatic carbocycles. The molecule has 134 valence electrons. The molecule has 0 aliphatic heterocycles. The summed E-state index contributed by atoms with van der Waals surface area (Å²) >= 11 is 1.23. The van der Waals surface area contributed by atoms with E-state index >= 15 is 0 Å². The highest BCUT2D eigenvalue weighted by Gasteiger charge is 2.19. The van der Waals surface area contributed by atoms with E-state index in [0.717, 1.165) is 12.1 Å². The molecular formula is C19H19FN4OS. The molecule has 1 aromatic heterocycles. The highest BCUT2D eigenvalue weighted by molar-refractivity contribution is 8.00. The molecule has 0 saturated carbocycles. The first kappa shape index (κ1) is 18.1. The first-order valence-corrected chi connectivity index (χ1v) is 9.18. The number of para-hydroxylation sites is 1. The third kappa shape index (κ3) is 4.11. The summed E-state index contributed by atoms with van der Waals surface area (Å²) in [5.41, 5.74) is 2.31. The zero-order valence-electron chi connectivity index (χ0n) is 14.5. The lowest BCUT2D eigenvalue weighted by atomic mass is 10.1. The van der Waals surface area contributed by atoms with Crippen LogP contribution in [0, 0.1) is 5.82 Å². The van der Waals surface area contributed by atoms with E-state index < -0.39 is 5.25 Å². The third-order valence-electron chi connectivity index (χ3n) is 3.91. The summed E-state index contributed by atoms with van der Waals surface area (Å²) in [5.74, 6) is -0.524. The van der Waals surface area contributed by atoms with Crippen molar-refractivity contribution in [1.29, 1.82) is 0 Å². The summed E-state index contributed by atoms with van der Waals surface area (Å²) in [5, 5.41) is 10.8. The van der Waals surface area contributed by atoms with Gasteiger partial charge in [-0.15, -0.1) is 10.2 Å². The van der Waals surface area contributed by atoms with Crippen molar-refractivity contribution >= 4 is 23.4 Å².